The van der Waals surface area contributed by atoms with E-state index in [1.165, 1.54) is 4.90 Å². The van der Waals surface area contributed by atoms with Gasteiger partial charge in [0.1, 0.15) is 6.04 Å². The molecule has 1 N–H and O–H groups in total. The van der Waals surface area contributed by atoms with Gasteiger partial charge in [0.2, 0.25) is 0 Å². The third kappa shape index (κ3) is 1.82. The minimum atomic E-state index is -4.13. The van der Waals surface area contributed by atoms with Crippen LogP contribution >= 0.6 is 0 Å². The Bertz CT molecular complexity index is 426. The number of rotatable bonds is 2. The van der Waals surface area contributed by atoms with Crippen LogP contribution in [0.25, 0.3) is 0 Å². The van der Waals surface area contributed by atoms with E-state index in [0.717, 1.165) is 5.56 Å². The Morgan fingerprint density at radius 1 is 1.22 bits per heavy atom. The van der Waals surface area contributed by atoms with Crippen LogP contribution in [0.1, 0.15) is 5.56 Å². The molecule has 0 saturated carbocycles. The fraction of sp³-hybridized carbons (Fsp3) is 0.538. The fourth-order valence-corrected chi connectivity index (χ4v) is 3.13. The van der Waals surface area contributed by atoms with Crippen LogP contribution in [0.2, 0.25) is 0 Å². The Kier molecular flexibility index (Phi) is 2.64. The van der Waals surface area contributed by atoms with Gasteiger partial charge in [0.15, 0.2) is 0 Å². The number of alkyl halides is 3. The van der Waals surface area contributed by atoms with Gasteiger partial charge in [-0.2, -0.15) is 13.2 Å². The second-order valence-electron chi connectivity index (χ2n) is 5.30. The van der Waals surface area contributed by atoms with Gasteiger partial charge >= 0.3 is 6.18 Å². The molecule has 2 aliphatic rings. The molecule has 98 valence electrons. The number of benzene rings is 1. The monoisotopic (exact) mass is 256 g/mol. The molecule has 3 rings (SSSR count). The molecule has 0 aromatic heterocycles. The van der Waals surface area contributed by atoms with Crippen LogP contribution in [-0.2, 0) is 6.54 Å². The largest absolute Gasteiger partial charge is 0.404 e. The van der Waals surface area contributed by atoms with E-state index in [1.807, 2.05) is 30.3 Å². The molecule has 1 spiro atoms. The van der Waals surface area contributed by atoms with E-state index in [9.17, 15) is 13.2 Å². The Labute approximate surface area is 104 Å². The lowest BCUT2D eigenvalue weighted by Crippen LogP contribution is -2.79. The summed E-state index contributed by atoms with van der Waals surface area (Å²) in [5.74, 6) is 0. The Morgan fingerprint density at radius 2 is 1.89 bits per heavy atom. The molecule has 1 aromatic carbocycles. The smallest absolute Gasteiger partial charge is 0.315 e. The highest BCUT2D eigenvalue weighted by atomic mass is 19.4. The third-order valence-corrected chi connectivity index (χ3v) is 3.96. The van der Waals surface area contributed by atoms with Gasteiger partial charge < -0.3 is 5.32 Å². The molecule has 2 fully saturated rings. The van der Waals surface area contributed by atoms with Crippen molar-refractivity contribution in [2.75, 3.05) is 19.6 Å². The molecule has 1 aromatic rings. The molecule has 0 radical (unpaired) electrons. The van der Waals surface area contributed by atoms with Gasteiger partial charge in [0.05, 0.1) is 0 Å². The Morgan fingerprint density at radius 3 is 2.39 bits per heavy atom. The average molecular weight is 256 g/mol. The first kappa shape index (κ1) is 12.0. The van der Waals surface area contributed by atoms with E-state index >= 15 is 0 Å². The molecule has 0 bridgehead atoms. The van der Waals surface area contributed by atoms with Crippen LogP contribution in [0.3, 0.4) is 0 Å². The van der Waals surface area contributed by atoms with Crippen LogP contribution in [0, 0.1) is 5.41 Å². The van der Waals surface area contributed by atoms with Crippen molar-refractivity contribution >= 4 is 0 Å². The molecular formula is C13H15F3N2. The highest BCUT2D eigenvalue weighted by molar-refractivity contribution is 5.19. The predicted molar refractivity (Wildman–Crippen MR) is 62.0 cm³/mol. The molecule has 1 atom stereocenters. The molecule has 2 aliphatic heterocycles. The van der Waals surface area contributed by atoms with Crippen LogP contribution in [0.4, 0.5) is 13.2 Å². The molecule has 0 unspecified atom stereocenters. The normalized spacial score (nSPS) is 26.7. The summed E-state index contributed by atoms with van der Waals surface area (Å²) in [5, 5.41) is 2.96. The maximum absolute atomic E-state index is 13.1. The molecule has 18 heavy (non-hydrogen) atoms. The first-order valence-electron chi connectivity index (χ1n) is 6.07. The van der Waals surface area contributed by atoms with Crippen molar-refractivity contribution in [3.63, 3.8) is 0 Å². The zero-order valence-electron chi connectivity index (χ0n) is 9.87. The molecule has 2 heterocycles. The SMILES string of the molecule is FC(F)(F)[C@H]1N(Cc2ccccc2)CC12CNC2. The molecule has 0 amide bonds. The van der Waals surface area contributed by atoms with Gasteiger partial charge in [-0.1, -0.05) is 30.3 Å². The van der Waals surface area contributed by atoms with Crippen LogP contribution in [0.15, 0.2) is 30.3 Å². The van der Waals surface area contributed by atoms with E-state index in [0.29, 0.717) is 26.2 Å². The maximum Gasteiger partial charge on any atom is 0.404 e. The van der Waals surface area contributed by atoms with Gasteiger partial charge in [-0.3, -0.25) is 4.90 Å². The number of halogens is 3. The summed E-state index contributed by atoms with van der Waals surface area (Å²) in [6.45, 7) is 1.90. The second kappa shape index (κ2) is 3.96. The van der Waals surface area contributed by atoms with Crippen molar-refractivity contribution in [3.8, 4) is 0 Å². The van der Waals surface area contributed by atoms with Crippen LogP contribution in [-0.4, -0.2) is 36.8 Å². The highest BCUT2D eigenvalue weighted by Crippen LogP contribution is 2.49. The lowest BCUT2D eigenvalue weighted by Gasteiger charge is -2.62. The van der Waals surface area contributed by atoms with Gasteiger partial charge in [-0.15, -0.1) is 0 Å². The lowest BCUT2D eigenvalue weighted by molar-refractivity contribution is -0.275. The summed E-state index contributed by atoms with van der Waals surface area (Å²) in [4.78, 5) is 1.54. The minimum Gasteiger partial charge on any atom is -0.315 e. The summed E-state index contributed by atoms with van der Waals surface area (Å²) in [6, 6.07) is 8.05. The third-order valence-electron chi connectivity index (χ3n) is 3.96. The zero-order chi connectivity index (χ0) is 12.8. The average Bonchev–Trinajstić information content (AvgIpc) is 2.19. The summed E-state index contributed by atoms with van der Waals surface area (Å²) < 4.78 is 39.3. The van der Waals surface area contributed by atoms with Gasteiger partial charge in [0.25, 0.3) is 0 Å². The number of nitrogens with zero attached hydrogens (tertiary/aromatic N) is 1. The first-order chi connectivity index (χ1) is 8.51. The van der Waals surface area contributed by atoms with Crippen molar-refractivity contribution in [3.05, 3.63) is 35.9 Å². The molecule has 2 nitrogen and oxygen atoms in total. The molecule has 5 heteroatoms. The number of nitrogens with one attached hydrogen (secondary N) is 1. The topological polar surface area (TPSA) is 15.3 Å². The van der Waals surface area contributed by atoms with E-state index < -0.39 is 17.6 Å². The van der Waals surface area contributed by atoms with E-state index in [2.05, 4.69) is 5.32 Å². The molecule has 0 aliphatic carbocycles. The van der Waals surface area contributed by atoms with Gasteiger partial charge in [-0.25, -0.2) is 0 Å². The molecule has 2 saturated heterocycles. The second-order valence-corrected chi connectivity index (χ2v) is 5.30. The van der Waals surface area contributed by atoms with Crippen LogP contribution in [0.5, 0.6) is 0 Å². The van der Waals surface area contributed by atoms with Crippen molar-refractivity contribution < 1.29 is 13.2 Å². The summed E-state index contributed by atoms with van der Waals surface area (Å²) in [7, 11) is 0. The predicted octanol–water partition coefficient (Wildman–Crippen LogP) is 2.02. The number of likely N-dealkylation sites (tertiary alicyclic amines) is 1. The van der Waals surface area contributed by atoms with Gasteiger partial charge in [-0.05, 0) is 5.56 Å². The van der Waals surface area contributed by atoms with Crippen molar-refractivity contribution in [1.29, 1.82) is 0 Å². The Balaban J connectivity index is 1.74. The standard InChI is InChI=1S/C13H15F3N2/c14-13(15,16)11-12(7-17-8-12)9-18(11)6-10-4-2-1-3-5-10/h1-5,11,17H,6-9H2/t11-/m0/s1. The fourth-order valence-electron chi connectivity index (χ4n) is 3.13. The first-order valence-corrected chi connectivity index (χ1v) is 6.07. The summed E-state index contributed by atoms with van der Waals surface area (Å²) in [5.41, 5.74) is 0.376. The summed E-state index contributed by atoms with van der Waals surface area (Å²) >= 11 is 0. The highest BCUT2D eigenvalue weighted by Gasteiger charge is 2.66. The van der Waals surface area contributed by atoms with Crippen LogP contribution < -0.4 is 5.32 Å². The lowest BCUT2D eigenvalue weighted by atomic mass is 9.66. The van der Waals surface area contributed by atoms with Crippen molar-refractivity contribution in [2.45, 2.75) is 18.8 Å². The van der Waals surface area contributed by atoms with Gasteiger partial charge in [0, 0.05) is 31.6 Å². The van der Waals surface area contributed by atoms with Crippen molar-refractivity contribution in [2.24, 2.45) is 5.41 Å². The number of hydrogen-bond acceptors (Lipinski definition) is 2. The zero-order valence-corrected chi connectivity index (χ0v) is 9.87. The van der Waals surface area contributed by atoms with E-state index in [1.54, 1.807) is 0 Å². The van der Waals surface area contributed by atoms with Crippen molar-refractivity contribution in [1.82, 2.24) is 10.2 Å². The number of hydrogen-bond donors (Lipinski definition) is 1. The summed E-state index contributed by atoms with van der Waals surface area (Å²) in [6.07, 6.45) is -4.13. The quantitative estimate of drug-likeness (QED) is 0.871. The van der Waals surface area contributed by atoms with E-state index in [4.69, 9.17) is 0 Å². The van der Waals surface area contributed by atoms with E-state index in [-0.39, 0.29) is 0 Å². The minimum absolute atomic E-state index is 0.382. The Hall–Kier alpha value is -1.07. The maximum atomic E-state index is 13.1. The molecular weight excluding hydrogens is 241 g/mol.